The summed E-state index contributed by atoms with van der Waals surface area (Å²) in [7, 11) is 4.10. The largest absolute Gasteiger partial charge is 0.378 e. The molecule has 0 saturated heterocycles. The number of rotatable bonds is 6. The molecule has 3 rings (SSSR count). The van der Waals surface area contributed by atoms with Gasteiger partial charge in [0.05, 0.1) is 6.04 Å². The van der Waals surface area contributed by atoms with E-state index >= 15 is 0 Å². The Balaban J connectivity index is 1.82. The molecule has 0 unspecified atom stereocenters. The molecular weight excluding hydrogens is 322 g/mol. The Bertz CT molecular complexity index is 739. The fourth-order valence-electron chi connectivity index (χ4n) is 3.57. The fourth-order valence-corrected chi connectivity index (χ4v) is 3.57. The summed E-state index contributed by atoms with van der Waals surface area (Å²) in [5, 5.41) is 3.10. The molecule has 0 bridgehead atoms. The highest BCUT2D eigenvalue weighted by Crippen LogP contribution is 2.28. The second kappa shape index (κ2) is 8.37. The second-order valence-electron chi connectivity index (χ2n) is 7.15. The van der Waals surface area contributed by atoms with Crippen LogP contribution in [0.4, 0.5) is 5.69 Å². The molecular formula is C22H29N3O. The van der Waals surface area contributed by atoms with Crippen LogP contribution in [0, 0.1) is 0 Å². The third-order valence-corrected chi connectivity index (χ3v) is 5.21. The maximum absolute atomic E-state index is 11.8. The zero-order valence-corrected chi connectivity index (χ0v) is 16.0. The molecule has 0 saturated carbocycles. The van der Waals surface area contributed by atoms with Crippen molar-refractivity contribution in [2.75, 3.05) is 32.1 Å². The summed E-state index contributed by atoms with van der Waals surface area (Å²) in [4.78, 5) is 16.4. The van der Waals surface area contributed by atoms with E-state index in [1.807, 2.05) is 6.92 Å². The van der Waals surface area contributed by atoms with Crippen LogP contribution < -0.4 is 10.2 Å². The van der Waals surface area contributed by atoms with Crippen molar-refractivity contribution in [3.8, 4) is 0 Å². The summed E-state index contributed by atoms with van der Waals surface area (Å²) in [6.07, 6.45) is 1.58. The van der Waals surface area contributed by atoms with E-state index in [2.05, 4.69) is 77.7 Å². The number of benzene rings is 2. The Morgan fingerprint density at radius 1 is 1.12 bits per heavy atom. The monoisotopic (exact) mass is 351 g/mol. The molecule has 1 N–H and O–H groups in total. The summed E-state index contributed by atoms with van der Waals surface area (Å²) < 4.78 is 0. The van der Waals surface area contributed by atoms with Gasteiger partial charge in [0.2, 0.25) is 5.91 Å². The average Bonchev–Trinajstić information content (AvgIpc) is 2.68. The van der Waals surface area contributed by atoms with E-state index in [1.54, 1.807) is 0 Å². The standard InChI is InChI=1S/C22H29N3O/c1-4-22(26)23-15-21(18-9-11-20(12-10-18)24(2)3)25-14-13-17-7-5-6-8-19(17)16-25/h5-12,21H,4,13-16H2,1-3H3,(H,23,26)/t21-/m0/s1. The molecule has 1 amide bonds. The molecule has 1 aliphatic rings. The van der Waals surface area contributed by atoms with Crippen LogP contribution in [0.25, 0.3) is 0 Å². The second-order valence-corrected chi connectivity index (χ2v) is 7.15. The number of hydrogen-bond acceptors (Lipinski definition) is 3. The number of fused-ring (bicyclic) bond motifs is 1. The number of hydrogen-bond donors (Lipinski definition) is 1. The van der Waals surface area contributed by atoms with E-state index in [-0.39, 0.29) is 11.9 Å². The zero-order chi connectivity index (χ0) is 18.5. The number of anilines is 1. The van der Waals surface area contributed by atoms with Gasteiger partial charge in [-0.15, -0.1) is 0 Å². The molecule has 138 valence electrons. The molecule has 26 heavy (non-hydrogen) atoms. The predicted octanol–water partition coefficient (Wildman–Crippen LogP) is 3.38. The van der Waals surface area contributed by atoms with Crippen molar-refractivity contribution in [3.63, 3.8) is 0 Å². The minimum Gasteiger partial charge on any atom is -0.378 e. The number of carbonyl (C=O) groups excluding carboxylic acids is 1. The molecule has 0 fully saturated rings. The van der Waals surface area contributed by atoms with Crippen LogP contribution in [0.2, 0.25) is 0 Å². The van der Waals surface area contributed by atoms with Gasteiger partial charge in [-0.25, -0.2) is 0 Å². The molecule has 4 nitrogen and oxygen atoms in total. The highest BCUT2D eigenvalue weighted by molar-refractivity contribution is 5.75. The fraction of sp³-hybridized carbons (Fsp3) is 0.409. The van der Waals surface area contributed by atoms with Gasteiger partial charge in [-0.2, -0.15) is 0 Å². The van der Waals surface area contributed by atoms with Crippen LogP contribution in [-0.4, -0.2) is 38.0 Å². The average molecular weight is 351 g/mol. The van der Waals surface area contributed by atoms with Gasteiger partial charge < -0.3 is 10.2 Å². The van der Waals surface area contributed by atoms with E-state index < -0.39 is 0 Å². The summed E-state index contributed by atoms with van der Waals surface area (Å²) in [6, 6.07) is 17.6. The van der Waals surface area contributed by atoms with Gasteiger partial charge in [0, 0.05) is 45.8 Å². The third-order valence-electron chi connectivity index (χ3n) is 5.21. The first kappa shape index (κ1) is 18.5. The molecule has 2 aromatic carbocycles. The first-order chi connectivity index (χ1) is 12.6. The third kappa shape index (κ3) is 4.25. The van der Waals surface area contributed by atoms with E-state index in [9.17, 15) is 4.79 Å². The van der Waals surface area contributed by atoms with Crippen LogP contribution in [0.15, 0.2) is 48.5 Å². The molecule has 1 atom stereocenters. The predicted molar refractivity (Wildman–Crippen MR) is 107 cm³/mol. The van der Waals surface area contributed by atoms with Gasteiger partial charge in [0.25, 0.3) is 0 Å². The van der Waals surface area contributed by atoms with Crippen molar-refractivity contribution >= 4 is 11.6 Å². The van der Waals surface area contributed by atoms with Crippen molar-refractivity contribution < 1.29 is 4.79 Å². The molecule has 4 heteroatoms. The minimum absolute atomic E-state index is 0.109. The summed E-state index contributed by atoms with van der Waals surface area (Å²) in [5.74, 6) is 0.109. The topological polar surface area (TPSA) is 35.6 Å². The highest BCUT2D eigenvalue weighted by Gasteiger charge is 2.25. The zero-order valence-electron chi connectivity index (χ0n) is 16.0. The molecule has 0 radical (unpaired) electrons. The Labute approximate surface area is 156 Å². The number of nitrogens with one attached hydrogen (secondary N) is 1. The van der Waals surface area contributed by atoms with Crippen LogP contribution in [0.3, 0.4) is 0 Å². The van der Waals surface area contributed by atoms with Gasteiger partial charge in [0.15, 0.2) is 0 Å². The maximum Gasteiger partial charge on any atom is 0.219 e. The normalized spacial score (nSPS) is 15.2. The van der Waals surface area contributed by atoms with Gasteiger partial charge in [-0.1, -0.05) is 43.3 Å². The molecule has 0 spiro atoms. The van der Waals surface area contributed by atoms with Crippen molar-refractivity contribution in [2.24, 2.45) is 0 Å². The Morgan fingerprint density at radius 3 is 2.46 bits per heavy atom. The van der Waals surface area contributed by atoms with Crippen molar-refractivity contribution in [2.45, 2.75) is 32.4 Å². The van der Waals surface area contributed by atoms with Crippen LogP contribution >= 0.6 is 0 Å². The lowest BCUT2D eigenvalue weighted by molar-refractivity contribution is -0.121. The lowest BCUT2D eigenvalue weighted by Crippen LogP contribution is -2.40. The summed E-state index contributed by atoms with van der Waals surface area (Å²) in [5.41, 5.74) is 5.29. The van der Waals surface area contributed by atoms with Crippen molar-refractivity contribution in [1.29, 1.82) is 0 Å². The first-order valence-electron chi connectivity index (χ1n) is 9.43. The van der Waals surface area contributed by atoms with Crippen molar-refractivity contribution in [3.05, 3.63) is 65.2 Å². The Morgan fingerprint density at radius 2 is 1.81 bits per heavy atom. The lowest BCUT2D eigenvalue weighted by Gasteiger charge is -2.36. The van der Waals surface area contributed by atoms with Gasteiger partial charge >= 0.3 is 0 Å². The van der Waals surface area contributed by atoms with Gasteiger partial charge in [0.1, 0.15) is 0 Å². The Hall–Kier alpha value is -2.33. The minimum atomic E-state index is 0.109. The molecule has 1 aliphatic heterocycles. The van der Waals surface area contributed by atoms with Crippen LogP contribution in [0.5, 0.6) is 0 Å². The highest BCUT2D eigenvalue weighted by atomic mass is 16.1. The first-order valence-corrected chi connectivity index (χ1v) is 9.43. The SMILES string of the molecule is CCC(=O)NC[C@@H](c1ccc(N(C)C)cc1)N1CCc2ccccc2C1. The van der Waals surface area contributed by atoms with E-state index in [4.69, 9.17) is 0 Å². The number of carbonyl (C=O) groups is 1. The molecule has 2 aromatic rings. The van der Waals surface area contributed by atoms with E-state index in [0.717, 1.165) is 19.5 Å². The Kier molecular flexibility index (Phi) is 5.94. The quantitative estimate of drug-likeness (QED) is 0.867. The van der Waals surface area contributed by atoms with Gasteiger partial charge in [-0.05, 0) is 35.2 Å². The lowest BCUT2D eigenvalue weighted by atomic mass is 9.96. The summed E-state index contributed by atoms with van der Waals surface area (Å²) in [6.45, 7) is 4.49. The van der Waals surface area contributed by atoms with Gasteiger partial charge in [-0.3, -0.25) is 9.69 Å². The molecule has 1 heterocycles. The van der Waals surface area contributed by atoms with Crippen LogP contribution in [-0.2, 0) is 17.8 Å². The number of nitrogens with zero attached hydrogens (tertiary/aromatic N) is 2. The number of amides is 1. The summed E-state index contributed by atoms with van der Waals surface area (Å²) >= 11 is 0. The smallest absolute Gasteiger partial charge is 0.219 e. The molecule has 0 aromatic heterocycles. The maximum atomic E-state index is 11.8. The van der Waals surface area contributed by atoms with E-state index in [0.29, 0.717) is 13.0 Å². The van der Waals surface area contributed by atoms with E-state index in [1.165, 1.54) is 22.4 Å². The molecule has 0 aliphatic carbocycles. The van der Waals surface area contributed by atoms with Crippen LogP contribution in [0.1, 0.15) is 36.1 Å². The van der Waals surface area contributed by atoms with Crippen molar-refractivity contribution in [1.82, 2.24) is 10.2 Å².